The number of carbonyl (C=O) groups excluding carboxylic acids is 1. The minimum absolute atomic E-state index is 0.0891. The zero-order chi connectivity index (χ0) is 18.0. The van der Waals surface area contributed by atoms with Crippen molar-refractivity contribution < 1.29 is 14.7 Å². The molecule has 0 atom stereocenters. The molecule has 0 spiro atoms. The molecule has 0 aromatic heterocycles. The lowest BCUT2D eigenvalue weighted by Gasteiger charge is -2.06. The van der Waals surface area contributed by atoms with Crippen molar-refractivity contribution in [1.82, 2.24) is 0 Å². The van der Waals surface area contributed by atoms with E-state index in [1.807, 2.05) is 40.7 Å². The normalized spacial score (nSPS) is 12.3. The average molecular weight is 318 g/mol. The highest BCUT2D eigenvalue weighted by Crippen LogP contribution is 2.16. The minimum atomic E-state index is -1.14. The van der Waals surface area contributed by atoms with Crippen LogP contribution in [-0.4, -0.2) is 16.9 Å². The Bertz CT molecular complexity index is 549. The summed E-state index contributed by atoms with van der Waals surface area (Å²) in [6.45, 7) is 11.7. The molecule has 0 aromatic rings. The maximum Gasteiger partial charge on any atom is 0.339 e. The summed E-state index contributed by atoms with van der Waals surface area (Å²) in [6.07, 6.45) is 8.59. The van der Waals surface area contributed by atoms with Gasteiger partial charge in [0.2, 0.25) is 0 Å². The van der Waals surface area contributed by atoms with Crippen molar-refractivity contribution in [3.8, 4) is 0 Å². The van der Waals surface area contributed by atoms with Crippen molar-refractivity contribution in [1.29, 1.82) is 0 Å². The fraction of sp³-hybridized carbons (Fsp3) is 0.500. The Kier molecular flexibility index (Phi) is 9.87. The third kappa shape index (κ3) is 9.67. The SMILES string of the molecule is CC(C)=CCC/C(C)=C/C(=O)/C(C(=O)O)=C(/C)CCC=C(C)C. The number of rotatable bonds is 9. The molecule has 0 aromatic carbocycles. The second-order valence-corrected chi connectivity index (χ2v) is 6.46. The maximum absolute atomic E-state index is 12.3. The number of carbonyl (C=O) groups is 2. The van der Waals surface area contributed by atoms with Gasteiger partial charge in [-0.15, -0.1) is 0 Å². The standard InChI is InChI=1S/C20H30O3/c1-14(2)9-7-11-16(5)13-18(21)19(20(22)23)17(6)12-8-10-15(3)4/h9-10,13H,7-8,11-12H2,1-6H3,(H,22,23)/b16-13+,19-17+. The van der Waals surface area contributed by atoms with Gasteiger partial charge in [-0.3, -0.25) is 4.79 Å². The van der Waals surface area contributed by atoms with Crippen molar-refractivity contribution in [2.45, 2.75) is 67.2 Å². The molecule has 1 N–H and O–H groups in total. The quantitative estimate of drug-likeness (QED) is 0.268. The van der Waals surface area contributed by atoms with E-state index in [0.717, 1.165) is 24.8 Å². The average Bonchev–Trinajstić information content (AvgIpc) is 2.36. The lowest BCUT2D eigenvalue weighted by molar-refractivity contribution is -0.134. The number of aliphatic carboxylic acids is 1. The zero-order valence-corrected chi connectivity index (χ0v) is 15.3. The van der Waals surface area contributed by atoms with Gasteiger partial charge in [-0.25, -0.2) is 4.79 Å². The molecule has 0 fully saturated rings. The summed E-state index contributed by atoms with van der Waals surface area (Å²) in [5, 5.41) is 9.35. The van der Waals surface area contributed by atoms with Gasteiger partial charge in [-0.2, -0.15) is 0 Å². The zero-order valence-electron chi connectivity index (χ0n) is 15.3. The van der Waals surface area contributed by atoms with E-state index in [4.69, 9.17) is 0 Å². The Morgan fingerprint density at radius 3 is 1.74 bits per heavy atom. The van der Waals surface area contributed by atoms with Crippen molar-refractivity contribution in [3.63, 3.8) is 0 Å². The molecule has 0 unspecified atom stereocenters. The monoisotopic (exact) mass is 318 g/mol. The van der Waals surface area contributed by atoms with Crippen LogP contribution >= 0.6 is 0 Å². The van der Waals surface area contributed by atoms with Crippen LogP contribution in [-0.2, 0) is 9.59 Å². The van der Waals surface area contributed by atoms with Crippen molar-refractivity contribution in [3.05, 3.63) is 46.1 Å². The maximum atomic E-state index is 12.3. The second-order valence-electron chi connectivity index (χ2n) is 6.46. The molecule has 128 valence electrons. The summed E-state index contributed by atoms with van der Waals surface area (Å²) in [7, 11) is 0. The van der Waals surface area contributed by atoms with E-state index in [1.165, 1.54) is 17.2 Å². The van der Waals surface area contributed by atoms with Crippen molar-refractivity contribution in [2.24, 2.45) is 0 Å². The number of ketones is 1. The van der Waals surface area contributed by atoms with Crippen LogP contribution < -0.4 is 0 Å². The van der Waals surface area contributed by atoms with Crippen molar-refractivity contribution >= 4 is 11.8 Å². The summed E-state index contributed by atoms with van der Waals surface area (Å²) in [5.74, 6) is -1.54. The molecule has 0 aliphatic rings. The fourth-order valence-corrected chi connectivity index (χ4v) is 2.16. The van der Waals surface area contributed by atoms with Gasteiger partial charge in [0, 0.05) is 0 Å². The van der Waals surface area contributed by atoms with Gasteiger partial charge in [0.1, 0.15) is 5.57 Å². The molecule has 0 heterocycles. The number of carboxylic acid groups (broad SMARTS) is 1. The number of hydrogen-bond acceptors (Lipinski definition) is 2. The van der Waals surface area contributed by atoms with Crippen LogP contribution in [0.15, 0.2) is 46.1 Å². The van der Waals surface area contributed by atoms with Gasteiger partial charge in [0.15, 0.2) is 5.78 Å². The van der Waals surface area contributed by atoms with E-state index in [0.29, 0.717) is 12.0 Å². The van der Waals surface area contributed by atoms with E-state index >= 15 is 0 Å². The van der Waals surface area contributed by atoms with E-state index < -0.39 is 11.8 Å². The Hall–Kier alpha value is -1.90. The van der Waals surface area contributed by atoms with Gasteiger partial charge in [-0.1, -0.05) is 34.4 Å². The summed E-state index contributed by atoms with van der Waals surface area (Å²) < 4.78 is 0. The van der Waals surface area contributed by atoms with E-state index in [9.17, 15) is 14.7 Å². The van der Waals surface area contributed by atoms with Gasteiger partial charge in [-0.05, 0) is 73.3 Å². The third-order valence-electron chi connectivity index (χ3n) is 3.43. The predicted octanol–water partition coefficient (Wildman–Crippen LogP) is 5.40. The molecule has 3 heteroatoms. The summed E-state index contributed by atoms with van der Waals surface area (Å²) in [5.41, 5.74) is 3.88. The Morgan fingerprint density at radius 1 is 0.826 bits per heavy atom. The molecule has 0 aliphatic carbocycles. The molecule has 0 amide bonds. The highest BCUT2D eigenvalue weighted by Gasteiger charge is 2.18. The van der Waals surface area contributed by atoms with Crippen LogP contribution in [0.4, 0.5) is 0 Å². The molecular formula is C20H30O3. The number of hydrogen-bond donors (Lipinski definition) is 1. The Balaban J connectivity index is 5.08. The molecule has 3 nitrogen and oxygen atoms in total. The number of allylic oxidation sites excluding steroid dienone is 7. The molecule has 0 saturated heterocycles. The first-order chi connectivity index (χ1) is 10.6. The van der Waals surface area contributed by atoms with Crippen LogP contribution in [0, 0.1) is 0 Å². The highest BCUT2D eigenvalue weighted by molar-refractivity contribution is 6.21. The smallest absolute Gasteiger partial charge is 0.339 e. The summed E-state index contributed by atoms with van der Waals surface area (Å²) >= 11 is 0. The second kappa shape index (κ2) is 10.8. The van der Waals surface area contributed by atoms with Gasteiger partial charge >= 0.3 is 5.97 Å². The topological polar surface area (TPSA) is 54.4 Å². The summed E-state index contributed by atoms with van der Waals surface area (Å²) in [4.78, 5) is 23.7. The van der Waals surface area contributed by atoms with Crippen LogP contribution in [0.1, 0.15) is 67.2 Å². The Labute approximate surface area is 140 Å². The molecule has 0 radical (unpaired) electrons. The highest BCUT2D eigenvalue weighted by atomic mass is 16.4. The van der Waals surface area contributed by atoms with Gasteiger partial charge in [0.25, 0.3) is 0 Å². The molecular weight excluding hydrogens is 288 g/mol. The molecule has 0 rings (SSSR count). The minimum Gasteiger partial charge on any atom is -0.478 e. The van der Waals surface area contributed by atoms with Crippen molar-refractivity contribution in [2.75, 3.05) is 0 Å². The molecule has 0 bridgehead atoms. The third-order valence-corrected chi connectivity index (χ3v) is 3.43. The predicted molar refractivity (Wildman–Crippen MR) is 96.4 cm³/mol. The fourth-order valence-electron chi connectivity index (χ4n) is 2.16. The molecule has 23 heavy (non-hydrogen) atoms. The van der Waals surface area contributed by atoms with E-state index in [-0.39, 0.29) is 5.57 Å². The lowest BCUT2D eigenvalue weighted by Crippen LogP contribution is -2.13. The first-order valence-corrected chi connectivity index (χ1v) is 8.06. The molecule has 0 aliphatic heterocycles. The van der Waals surface area contributed by atoms with Crippen LogP contribution in [0.2, 0.25) is 0 Å². The van der Waals surface area contributed by atoms with Crippen LogP contribution in [0.5, 0.6) is 0 Å². The lowest BCUT2D eigenvalue weighted by atomic mass is 9.98. The van der Waals surface area contributed by atoms with Crippen LogP contribution in [0.25, 0.3) is 0 Å². The largest absolute Gasteiger partial charge is 0.478 e. The van der Waals surface area contributed by atoms with Crippen LogP contribution in [0.3, 0.4) is 0 Å². The van der Waals surface area contributed by atoms with E-state index in [1.54, 1.807) is 6.92 Å². The van der Waals surface area contributed by atoms with Gasteiger partial charge in [0.05, 0.1) is 0 Å². The summed E-state index contributed by atoms with van der Waals surface area (Å²) in [6, 6.07) is 0. The molecule has 0 saturated carbocycles. The number of carboxylic acids is 1. The first-order valence-electron chi connectivity index (χ1n) is 8.06. The van der Waals surface area contributed by atoms with E-state index in [2.05, 4.69) is 6.08 Å². The first kappa shape index (κ1) is 21.1. The Morgan fingerprint density at radius 2 is 1.30 bits per heavy atom. The van der Waals surface area contributed by atoms with Gasteiger partial charge < -0.3 is 5.11 Å².